The average Bonchev–Trinajstić information content (AvgIpc) is 3.32. The molecule has 1 N–H and O–H groups in total. The number of hydrogen-bond acceptors (Lipinski definition) is 4. The van der Waals surface area contributed by atoms with Crippen LogP contribution in [0.4, 0.5) is 0 Å². The molecule has 0 unspecified atom stereocenters. The highest BCUT2D eigenvalue weighted by Gasteiger charge is 2.24. The van der Waals surface area contributed by atoms with Crippen LogP contribution < -0.4 is 5.32 Å². The second-order valence-corrected chi connectivity index (χ2v) is 7.92. The number of halogens is 1. The number of aromatic nitrogens is 4. The van der Waals surface area contributed by atoms with Crippen LogP contribution in [0.1, 0.15) is 48.3 Å². The van der Waals surface area contributed by atoms with E-state index in [9.17, 15) is 4.79 Å². The number of carbonyl (C=O) groups is 1. The number of hydrogen-bond donors (Lipinski definition) is 1. The van der Waals surface area contributed by atoms with Crippen LogP contribution in [0.3, 0.4) is 0 Å². The molecule has 154 valence electrons. The molecule has 1 aliphatic rings. The third-order valence-electron chi connectivity index (χ3n) is 5.40. The average molecular weight is 415 g/mol. The fraction of sp³-hybridized carbons (Fsp3) is 0.476. The SMILES string of the molecule is O=C(c1nc2ccc(Cl)cn2c1CNCCn1cccn1)N1CCCCCCC1. The van der Waals surface area contributed by atoms with Crippen molar-refractivity contribution >= 4 is 23.2 Å². The molecule has 0 aliphatic carbocycles. The maximum atomic E-state index is 13.3. The van der Waals surface area contributed by atoms with Crippen molar-refractivity contribution in [1.29, 1.82) is 0 Å². The highest BCUT2D eigenvalue weighted by Crippen LogP contribution is 2.20. The number of amides is 1. The Hall–Kier alpha value is -2.38. The van der Waals surface area contributed by atoms with Gasteiger partial charge in [-0.3, -0.25) is 9.48 Å². The van der Waals surface area contributed by atoms with Crippen molar-refractivity contribution in [3.8, 4) is 0 Å². The van der Waals surface area contributed by atoms with Gasteiger partial charge in [-0.25, -0.2) is 4.98 Å². The number of nitrogens with zero attached hydrogens (tertiary/aromatic N) is 5. The Morgan fingerprint density at radius 2 is 1.93 bits per heavy atom. The summed E-state index contributed by atoms with van der Waals surface area (Å²) in [6, 6.07) is 5.58. The second-order valence-electron chi connectivity index (χ2n) is 7.49. The Bertz CT molecular complexity index is 944. The summed E-state index contributed by atoms with van der Waals surface area (Å²) in [6.07, 6.45) is 11.3. The molecule has 7 nitrogen and oxygen atoms in total. The van der Waals surface area contributed by atoms with Crippen molar-refractivity contribution in [3.05, 3.63) is 53.2 Å². The van der Waals surface area contributed by atoms with Crippen LogP contribution in [0.25, 0.3) is 5.65 Å². The molecule has 8 heteroatoms. The van der Waals surface area contributed by atoms with Crippen LogP contribution in [0.2, 0.25) is 5.02 Å². The first-order valence-corrected chi connectivity index (χ1v) is 10.7. The molecule has 1 aliphatic heterocycles. The number of likely N-dealkylation sites (tertiary alicyclic amines) is 1. The first-order chi connectivity index (χ1) is 14.2. The van der Waals surface area contributed by atoms with E-state index in [1.165, 1.54) is 19.3 Å². The smallest absolute Gasteiger partial charge is 0.274 e. The highest BCUT2D eigenvalue weighted by atomic mass is 35.5. The minimum atomic E-state index is 0.0237. The van der Waals surface area contributed by atoms with Crippen molar-refractivity contribution in [2.45, 2.75) is 45.2 Å². The number of nitrogens with one attached hydrogen (secondary N) is 1. The van der Waals surface area contributed by atoms with Crippen LogP contribution in [-0.4, -0.2) is 49.6 Å². The summed E-state index contributed by atoms with van der Waals surface area (Å²) in [5, 5.41) is 8.26. The Morgan fingerprint density at radius 1 is 1.14 bits per heavy atom. The highest BCUT2D eigenvalue weighted by molar-refractivity contribution is 6.30. The van der Waals surface area contributed by atoms with Gasteiger partial charge in [0.15, 0.2) is 5.69 Å². The maximum absolute atomic E-state index is 13.3. The van der Waals surface area contributed by atoms with E-state index in [2.05, 4.69) is 15.4 Å². The minimum absolute atomic E-state index is 0.0237. The Kier molecular flexibility index (Phi) is 6.46. The fourth-order valence-corrected chi connectivity index (χ4v) is 4.00. The molecule has 0 bridgehead atoms. The first kappa shape index (κ1) is 19.9. The van der Waals surface area contributed by atoms with E-state index < -0.39 is 0 Å². The summed E-state index contributed by atoms with van der Waals surface area (Å²) in [4.78, 5) is 20.0. The molecule has 1 saturated heterocycles. The Labute approximate surface area is 175 Å². The lowest BCUT2D eigenvalue weighted by atomic mass is 10.1. The standard InChI is InChI=1S/C21H27ClN6O/c22-17-7-8-19-25-20(21(29)26-11-4-2-1-3-5-12-26)18(28(19)16-17)15-23-10-14-27-13-6-9-24-27/h6-9,13,16,23H,1-5,10-12,14-15H2. The van der Waals surface area contributed by atoms with Crippen molar-refractivity contribution in [3.63, 3.8) is 0 Å². The summed E-state index contributed by atoms with van der Waals surface area (Å²) in [5.74, 6) is 0.0237. The molecule has 3 aromatic rings. The van der Waals surface area contributed by atoms with Crippen molar-refractivity contribution in [2.75, 3.05) is 19.6 Å². The van der Waals surface area contributed by atoms with Crippen molar-refractivity contribution < 1.29 is 4.79 Å². The van der Waals surface area contributed by atoms with E-state index in [-0.39, 0.29) is 5.91 Å². The lowest BCUT2D eigenvalue weighted by molar-refractivity contribution is 0.0735. The molecule has 3 aromatic heterocycles. The molecule has 0 atom stereocenters. The maximum Gasteiger partial charge on any atom is 0.274 e. The predicted molar refractivity (Wildman–Crippen MR) is 113 cm³/mol. The van der Waals surface area contributed by atoms with E-state index in [1.807, 2.05) is 44.6 Å². The summed E-state index contributed by atoms with van der Waals surface area (Å²) in [6.45, 7) is 3.66. The Morgan fingerprint density at radius 3 is 2.69 bits per heavy atom. The van der Waals surface area contributed by atoms with Gasteiger partial charge in [-0.1, -0.05) is 30.9 Å². The zero-order chi connectivity index (χ0) is 20.1. The summed E-state index contributed by atoms with van der Waals surface area (Å²) < 4.78 is 3.81. The number of fused-ring (bicyclic) bond motifs is 1. The number of pyridine rings is 1. The molecule has 0 aromatic carbocycles. The molecule has 29 heavy (non-hydrogen) atoms. The van der Waals surface area contributed by atoms with Crippen LogP contribution in [0.15, 0.2) is 36.8 Å². The van der Waals surface area contributed by atoms with Crippen LogP contribution >= 0.6 is 11.6 Å². The van der Waals surface area contributed by atoms with Gasteiger partial charge in [0.2, 0.25) is 0 Å². The molecular weight excluding hydrogens is 388 g/mol. The van der Waals surface area contributed by atoms with Crippen molar-refractivity contribution in [1.82, 2.24) is 29.4 Å². The van der Waals surface area contributed by atoms with E-state index >= 15 is 0 Å². The fourth-order valence-electron chi connectivity index (χ4n) is 3.84. The molecular formula is C21H27ClN6O. The normalized spacial score (nSPS) is 15.4. The third-order valence-corrected chi connectivity index (χ3v) is 5.62. The van der Waals surface area contributed by atoms with Crippen LogP contribution in [0, 0.1) is 0 Å². The topological polar surface area (TPSA) is 67.5 Å². The zero-order valence-corrected chi connectivity index (χ0v) is 17.3. The lowest BCUT2D eigenvalue weighted by Crippen LogP contribution is -2.35. The van der Waals surface area contributed by atoms with Gasteiger partial charge >= 0.3 is 0 Å². The monoisotopic (exact) mass is 414 g/mol. The van der Waals surface area contributed by atoms with Crippen molar-refractivity contribution in [2.24, 2.45) is 0 Å². The van der Waals surface area contributed by atoms with Gasteiger partial charge in [0.25, 0.3) is 5.91 Å². The minimum Gasteiger partial charge on any atom is -0.337 e. The molecule has 0 saturated carbocycles. The number of imidazole rings is 1. The molecule has 4 heterocycles. The second kappa shape index (κ2) is 9.41. The van der Waals surface area contributed by atoms with E-state index in [4.69, 9.17) is 11.6 Å². The van der Waals surface area contributed by atoms with Crippen LogP contribution in [-0.2, 0) is 13.1 Å². The largest absolute Gasteiger partial charge is 0.337 e. The van der Waals surface area contributed by atoms with E-state index in [1.54, 1.807) is 6.20 Å². The summed E-state index contributed by atoms with van der Waals surface area (Å²) in [7, 11) is 0. The quantitative estimate of drug-likeness (QED) is 0.628. The van der Waals surface area contributed by atoms with Crippen LogP contribution in [0.5, 0.6) is 0 Å². The van der Waals surface area contributed by atoms with E-state index in [0.717, 1.165) is 50.4 Å². The first-order valence-electron chi connectivity index (χ1n) is 10.4. The molecule has 1 amide bonds. The van der Waals surface area contributed by atoms with Gasteiger partial charge in [0.1, 0.15) is 5.65 Å². The molecule has 4 rings (SSSR count). The lowest BCUT2D eigenvalue weighted by Gasteiger charge is -2.24. The predicted octanol–water partition coefficient (Wildman–Crippen LogP) is 3.38. The van der Waals surface area contributed by atoms with Gasteiger partial charge < -0.3 is 14.6 Å². The number of carbonyl (C=O) groups excluding carboxylic acids is 1. The number of rotatable bonds is 6. The van der Waals surface area contributed by atoms with Gasteiger partial charge in [0, 0.05) is 44.8 Å². The molecule has 1 fully saturated rings. The van der Waals surface area contributed by atoms with Gasteiger partial charge in [0.05, 0.1) is 17.3 Å². The van der Waals surface area contributed by atoms with Gasteiger partial charge in [-0.2, -0.15) is 5.10 Å². The summed E-state index contributed by atoms with van der Waals surface area (Å²) in [5.41, 5.74) is 2.13. The molecule has 0 spiro atoms. The third kappa shape index (κ3) is 4.79. The van der Waals surface area contributed by atoms with Gasteiger partial charge in [-0.05, 0) is 31.0 Å². The van der Waals surface area contributed by atoms with E-state index in [0.29, 0.717) is 17.3 Å². The zero-order valence-electron chi connectivity index (χ0n) is 16.6. The Balaban J connectivity index is 1.54. The van der Waals surface area contributed by atoms with Gasteiger partial charge in [-0.15, -0.1) is 0 Å². The molecule has 0 radical (unpaired) electrons. The summed E-state index contributed by atoms with van der Waals surface area (Å²) >= 11 is 6.22.